The fraction of sp³-hybridized carbons (Fsp3) is 0.702. The van der Waals surface area contributed by atoms with Crippen molar-refractivity contribution in [1.29, 1.82) is 0 Å². The van der Waals surface area contributed by atoms with Gasteiger partial charge in [-0.05, 0) is 70.6 Å². The molecule has 360 valence electrons. The van der Waals surface area contributed by atoms with Crippen molar-refractivity contribution in [2.75, 3.05) is 13.2 Å². The van der Waals surface area contributed by atoms with Crippen molar-refractivity contribution in [2.45, 2.75) is 245 Å². The van der Waals surface area contributed by atoms with E-state index in [0.29, 0.717) is 19.3 Å². The van der Waals surface area contributed by atoms with Crippen LogP contribution in [0.2, 0.25) is 0 Å². The van der Waals surface area contributed by atoms with Crippen molar-refractivity contribution in [3.8, 4) is 0 Å². The molecule has 0 aromatic heterocycles. The Kier molecular flexibility index (Phi) is 48.5. The van der Waals surface area contributed by atoms with Gasteiger partial charge in [0.25, 0.3) is 0 Å². The topological polar surface area (TPSA) is 78.9 Å². The van der Waals surface area contributed by atoms with E-state index in [2.05, 4.69) is 87.6 Å². The van der Waals surface area contributed by atoms with Crippen LogP contribution in [0.1, 0.15) is 239 Å². The van der Waals surface area contributed by atoms with Gasteiger partial charge in [0.05, 0.1) is 0 Å². The van der Waals surface area contributed by atoms with Gasteiger partial charge in [-0.25, -0.2) is 0 Å². The maximum Gasteiger partial charge on any atom is 0.306 e. The van der Waals surface area contributed by atoms with Crippen molar-refractivity contribution >= 4 is 17.9 Å². The van der Waals surface area contributed by atoms with Crippen molar-refractivity contribution in [2.24, 2.45) is 0 Å². The molecular formula is C57H96O6. The number of carbonyl (C=O) groups is 3. The predicted molar refractivity (Wildman–Crippen MR) is 270 cm³/mol. The Balaban J connectivity index is 4.53. The van der Waals surface area contributed by atoms with Crippen LogP contribution in [-0.2, 0) is 28.6 Å². The van der Waals surface area contributed by atoms with E-state index in [4.69, 9.17) is 14.2 Å². The molecule has 6 nitrogen and oxygen atoms in total. The molecule has 1 unspecified atom stereocenters. The fourth-order valence-electron chi connectivity index (χ4n) is 7.01. The quantitative estimate of drug-likeness (QED) is 0.0262. The van der Waals surface area contributed by atoms with Gasteiger partial charge in [-0.15, -0.1) is 0 Å². The molecule has 0 aromatic carbocycles. The molecule has 0 spiro atoms. The molecule has 0 saturated heterocycles. The maximum absolute atomic E-state index is 12.8. The molecule has 0 aliphatic heterocycles. The molecule has 0 saturated carbocycles. The second kappa shape index (κ2) is 51.2. The second-order valence-corrected chi connectivity index (χ2v) is 17.1. The molecule has 1 atom stereocenters. The molecule has 0 aliphatic rings. The SMILES string of the molecule is CC/C=C/C/C=C/C/C=C/C/C=C/C/C=C/CCC(=O)OCC(COC(=O)CC/C=C/C/C=C/CCCCCCCC)OC(=O)CCCCCCCCCCCCCCCCCC. The van der Waals surface area contributed by atoms with E-state index in [0.717, 1.165) is 64.2 Å². The van der Waals surface area contributed by atoms with Crippen LogP contribution in [0.4, 0.5) is 0 Å². The first-order valence-corrected chi connectivity index (χ1v) is 26.1. The zero-order valence-corrected chi connectivity index (χ0v) is 41.1. The number of esters is 3. The van der Waals surface area contributed by atoms with Crippen LogP contribution in [0.15, 0.2) is 85.1 Å². The molecule has 63 heavy (non-hydrogen) atoms. The van der Waals surface area contributed by atoms with Crippen LogP contribution in [0, 0.1) is 0 Å². The zero-order chi connectivity index (χ0) is 45.8. The van der Waals surface area contributed by atoms with Crippen molar-refractivity contribution < 1.29 is 28.6 Å². The minimum absolute atomic E-state index is 0.128. The third-order valence-electron chi connectivity index (χ3n) is 10.9. The number of hydrogen-bond acceptors (Lipinski definition) is 6. The van der Waals surface area contributed by atoms with Gasteiger partial charge >= 0.3 is 17.9 Å². The number of hydrogen-bond donors (Lipinski definition) is 0. The molecule has 0 heterocycles. The average molecular weight is 877 g/mol. The van der Waals surface area contributed by atoms with Crippen LogP contribution in [-0.4, -0.2) is 37.2 Å². The number of ether oxygens (including phenoxy) is 3. The molecule has 0 aromatic rings. The Labute approximate surface area is 388 Å². The normalized spacial score (nSPS) is 12.7. The Morgan fingerprint density at radius 3 is 1.03 bits per heavy atom. The van der Waals surface area contributed by atoms with Gasteiger partial charge in [-0.1, -0.05) is 234 Å². The third-order valence-corrected chi connectivity index (χ3v) is 10.9. The second-order valence-electron chi connectivity index (χ2n) is 17.1. The summed E-state index contributed by atoms with van der Waals surface area (Å²) in [4.78, 5) is 37.9. The van der Waals surface area contributed by atoms with E-state index in [9.17, 15) is 14.4 Å². The maximum atomic E-state index is 12.8. The average Bonchev–Trinajstić information content (AvgIpc) is 3.28. The van der Waals surface area contributed by atoms with E-state index < -0.39 is 6.10 Å². The standard InChI is InChI=1S/C57H96O6/c1-4-7-10-13-16-19-22-25-27-29-32-35-38-41-44-47-50-56(59)62-53-54(52-61-55(58)49-46-43-40-37-34-31-24-21-18-15-12-9-6-3)63-57(60)51-48-45-42-39-36-33-30-28-26-23-20-17-14-11-8-5-2/h7,10,16,19,25,27,31-32,34-35,40-41,43-44,54H,4-6,8-9,11-15,17-18,20-24,26,28-30,33,36-39,42,45-53H2,1-3H3/b10-7+,19-16+,27-25+,34-31+,35-32+,43-40+,44-41+. The number of unbranched alkanes of at least 4 members (excludes halogenated alkanes) is 21. The van der Waals surface area contributed by atoms with Crippen LogP contribution in [0.25, 0.3) is 0 Å². The van der Waals surface area contributed by atoms with Gasteiger partial charge < -0.3 is 14.2 Å². The summed E-state index contributed by atoms with van der Waals surface area (Å²) in [6.45, 7) is 6.40. The molecule has 0 radical (unpaired) electrons. The summed E-state index contributed by atoms with van der Waals surface area (Å²) in [5.41, 5.74) is 0. The van der Waals surface area contributed by atoms with Gasteiger partial charge in [0, 0.05) is 19.3 Å². The Bertz CT molecular complexity index is 1240. The molecule has 0 rings (SSSR count). The van der Waals surface area contributed by atoms with Gasteiger partial charge in [0.1, 0.15) is 13.2 Å². The van der Waals surface area contributed by atoms with Crippen molar-refractivity contribution in [3.05, 3.63) is 85.1 Å². The van der Waals surface area contributed by atoms with Crippen LogP contribution < -0.4 is 0 Å². The fourth-order valence-corrected chi connectivity index (χ4v) is 7.01. The summed E-state index contributed by atoms with van der Waals surface area (Å²) in [5.74, 6) is -1.07. The predicted octanol–water partition coefficient (Wildman–Crippen LogP) is 17.2. The highest BCUT2D eigenvalue weighted by Crippen LogP contribution is 2.15. The first kappa shape index (κ1) is 59.6. The van der Waals surface area contributed by atoms with Gasteiger partial charge in [0.15, 0.2) is 6.10 Å². The highest BCUT2D eigenvalue weighted by Gasteiger charge is 2.19. The van der Waals surface area contributed by atoms with E-state index in [1.165, 1.54) is 122 Å². The number of carbonyl (C=O) groups excluding carboxylic acids is 3. The summed E-state index contributed by atoms with van der Waals surface area (Å²) >= 11 is 0. The first-order valence-electron chi connectivity index (χ1n) is 26.1. The summed E-state index contributed by atoms with van der Waals surface area (Å²) < 4.78 is 16.7. The molecule has 0 N–H and O–H groups in total. The molecular weight excluding hydrogens is 781 g/mol. The van der Waals surface area contributed by atoms with Gasteiger partial charge in [-0.2, -0.15) is 0 Å². The smallest absolute Gasteiger partial charge is 0.306 e. The van der Waals surface area contributed by atoms with E-state index >= 15 is 0 Å². The highest BCUT2D eigenvalue weighted by atomic mass is 16.6. The lowest BCUT2D eigenvalue weighted by Crippen LogP contribution is -2.30. The lowest BCUT2D eigenvalue weighted by molar-refractivity contribution is -0.166. The molecule has 6 heteroatoms. The minimum Gasteiger partial charge on any atom is -0.462 e. The van der Waals surface area contributed by atoms with Gasteiger partial charge in [-0.3, -0.25) is 14.4 Å². The lowest BCUT2D eigenvalue weighted by atomic mass is 10.0. The minimum atomic E-state index is -0.826. The van der Waals surface area contributed by atoms with Gasteiger partial charge in [0.2, 0.25) is 0 Å². The van der Waals surface area contributed by atoms with E-state index in [-0.39, 0.29) is 44.0 Å². The summed E-state index contributed by atoms with van der Waals surface area (Å²) in [6, 6.07) is 0. The molecule has 0 fully saturated rings. The molecule has 0 amide bonds. The zero-order valence-electron chi connectivity index (χ0n) is 41.1. The largest absolute Gasteiger partial charge is 0.462 e. The highest BCUT2D eigenvalue weighted by molar-refractivity contribution is 5.71. The molecule has 0 bridgehead atoms. The number of rotatable bonds is 46. The van der Waals surface area contributed by atoms with E-state index in [1.807, 2.05) is 18.2 Å². The summed E-state index contributed by atoms with van der Waals surface area (Å²) in [7, 11) is 0. The molecule has 0 aliphatic carbocycles. The monoisotopic (exact) mass is 877 g/mol. The summed E-state index contributed by atoms with van der Waals surface area (Å²) in [5, 5.41) is 0. The van der Waals surface area contributed by atoms with Crippen molar-refractivity contribution in [1.82, 2.24) is 0 Å². The summed E-state index contributed by atoms with van der Waals surface area (Å²) in [6.07, 6.45) is 65.9. The first-order chi connectivity index (χ1) is 31.0. The Morgan fingerprint density at radius 2 is 0.651 bits per heavy atom. The Morgan fingerprint density at radius 1 is 0.333 bits per heavy atom. The van der Waals surface area contributed by atoms with Crippen LogP contribution >= 0.6 is 0 Å². The van der Waals surface area contributed by atoms with Crippen LogP contribution in [0.3, 0.4) is 0 Å². The van der Waals surface area contributed by atoms with E-state index in [1.54, 1.807) is 0 Å². The third kappa shape index (κ3) is 49.5. The number of allylic oxidation sites excluding steroid dienone is 14. The van der Waals surface area contributed by atoms with Crippen molar-refractivity contribution in [3.63, 3.8) is 0 Å². The Hall–Kier alpha value is -3.41. The van der Waals surface area contributed by atoms with Crippen LogP contribution in [0.5, 0.6) is 0 Å². The lowest BCUT2D eigenvalue weighted by Gasteiger charge is -2.18.